The second kappa shape index (κ2) is 4.86. The van der Waals surface area contributed by atoms with Gasteiger partial charge in [-0.2, -0.15) is 0 Å². The van der Waals surface area contributed by atoms with Gasteiger partial charge in [0.15, 0.2) is 0 Å². The van der Waals surface area contributed by atoms with E-state index in [0.717, 1.165) is 5.56 Å². The topological polar surface area (TPSA) is 21.3 Å². The maximum absolute atomic E-state index is 12.0. The van der Waals surface area contributed by atoms with Gasteiger partial charge in [-0.15, -0.1) is 13.2 Å². The molecule has 0 unspecified atom stereocenters. The molecule has 1 aliphatic carbocycles. The van der Waals surface area contributed by atoms with Gasteiger partial charge in [-0.25, -0.2) is 0 Å². The van der Waals surface area contributed by atoms with Crippen LogP contribution in [0.5, 0.6) is 5.75 Å². The van der Waals surface area contributed by atoms with Gasteiger partial charge in [0.25, 0.3) is 0 Å². The lowest BCUT2D eigenvalue weighted by molar-refractivity contribution is -0.274. The van der Waals surface area contributed by atoms with E-state index in [1.807, 2.05) is 0 Å². The molecule has 2 nitrogen and oxygen atoms in total. The Morgan fingerprint density at radius 3 is 2.59 bits per heavy atom. The zero-order chi connectivity index (χ0) is 12.5. The van der Waals surface area contributed by atoms with Gasteiger partial charge in [-0.3, -0.25) is 0 Å². The molecule has 1 N–H and O–H groups in total. The third-order valence-corrected chi connectivity index (χ3v) is 3.01. The fraction of sp³-hybridized carbons (Fsp3) is 0.455. The third-order valence-electron chi connectivity index (χ3n) is 2.39. The molecule has 2 rings (SSSR count). The first-order valence-electron chi connectivity index (χ1n) is 5.21. The molecule has 0 atom stereocenters. The van der Waals surface area contributed by atoms with Crippen molar-refractivity contribution in [2.24, 2.45) is 0 Å². The van der Waals surface area contributed by atoms with E-state index < -0.39 is 6.36 Å². The van der Waals surface area contributed by atoms with Crippen molar-refractivity contribution in [3.63, 3.8) is 0 Å². The molecule has 1 fully saturated rings. The molecule has 0 aromatic heterocycles. The molecule has 17 heavy (non-hydrogen) atoms. The molecule has 0 spiro atoms. The van der Waals surface area contributed by atoms with Gasteiger partial charge in [-0.05, 0) is 46.5 Å². The first kappa shape index (κ1) is 12.7. The normalized spacial score (nSPS) is 16.0. The molecule has 0 amide bonds. The molecular formula is C11H11BrF3NO. The Labute approximate surface area is 105 Å². The van der Waals surface area contributed by atoms with Gasteiger partial charge in [0, 0.05) is 12.6 Å². The standard InChI is InChI=1S/C11H11BrF3NO/c12-9-5-7(6-16-8-2-3-8)1-4-10(9)17-11(13,14)15/h1,4-5,8,16H,2-3,6H2. The van der Waals surface area contributed by atoms with Crippen LogP contribution in [0, 0.1) is 0 Å². The van der Waals surface area contributed by atoms with E-state index in [9.17, 15) is 13.2 Å². The monoisotopic (exact) mass is 309 g/mol. The summed E-state index contributed by atoms with van der Waals surface area (Å²) < 4.78 is 40.3. The van der Waals surface area contributed by atoms with Crippen LogP contribution in [0.4, 0.5) is 13.2 Å². The fourth-order valence-corrected chi connectivity index (χ4v) is 1.92. The molecule has 0 saturated heterocycles. The Hall–Kier alpha value is -0.750. The molecule has 94 valence electrons. The van der Waals surface area contributed by atoms with Crippen LogP contribution in [0.25, 0.3) is 0 Å². The summed E-state index contributed by atoms with van der Waals surface area (Å²) in [5.41, 5.74) is 0.929. The summed E-state index contributed by atoms with van der Waals surface area (Å²) in [5, 5.41) is 3.28. The highest BCUT2D eigenvalue weighted by molar-refractivity contribution is 9.10. The number of nitrogens with one attached hydrogen (secondary N) is 1. The molecule has 0 aliphatic heterocycles. The van der Waals surface area contributed by atoms with Crippen molar-refractivity contribution < 1.29 is 17.9 Å². The van der Waals surface area contributed by atoms with Crippen LogP contribution in [-0.4, -0.2) is 12.4 Å². The van der Waals surface area contributed by atoms with Crippen molar-refractivity contribution in [3.05, 3.63) is 28.2 Å². The minimum absolute atomic E-state index is 0.215. The van der Waals surface area contributed by atoms with E-state index >= 15 is 0 Å². The SMILES string of the molecule is FC(F)(F)Oc1ccc(CNC2CC2)cc1Br. The molecule has 1 aliphatic rings. The van der Waals surface area contributed by atoms with Crippen LogP contribution >= 0.6 is 15.9 Å². The summed E-state index contributed by atoms with van der Waals surface area (Å²) in [7, 11) is 0. The second-order valence-electron chi connectivity index (χ2n) is 3.97. The molecule has 6 heteroatoms. The Balaban J connectivity index is 1.99. The number of ether oxygens (including phenoxy) is 1. The molecule has 1 aromatic carbocycles. The van der Waals surface area contributed by atoms with E-state index in [2.05, 4.69) is 26.0 Å². The Morgan fingerprint density at radius 2 is 2.06 bits per heavy atom. The lowest BCUT2D eigenvalue weighted by Gasteiger charge is -2.11. The maximum atomic E-state index is 12.0. The zero-order valence-corrected chi connectivity index (χ0v) is 10.4. The molecule has 0 radical (unpaired) electrons. The van der Waals surface area contributed by atoms with Gasteiger partial charge < -0.3 is 10.1 Å². The summed E-state index contributed by atoms with van der Waals surface area (Å²) in [6.45, 7) is 0.662. The van der Waals surface area contributed by atoms with Crippen molar-refractivity contribution in [3.8, 4) is 5.75 Å². The van der Waals surface area contributed by atoms with E-state index in [1.165, 1.54) is 18.9 Å². The predicted octanol–water partition coefficient (Wildman–Crippen LogP) is 3.60. The van der Waals surface area contributed by atoms with Crippen molar-refractivity contribution in [2.75, 3.05) is 0 Å². The maximum Gasteiger partial charge on any atom is 0.573 e. The quantitative estimate of drug-likeness (QED) is 0.917. The van der Waals surface area contributed by atoms with E-state index in [-0.39, 0.29) is 5.75 Å². The van der Waals surface area contributed by atoms with Crippen molar-refractivity contribution in [2.45, 2.75) is 31.8 Å². The number of benzene rings is 1. The van der Waals surface area contributed by atoms with Gasteiger partial charge in [-0.1, -0.05) is 6.07 Å². The third kappa shape index (κ3) is 4.20. The summed E-state index contributed by atoms with van der Waals surface area (Å²) in [5.74, 6) is -0.215. The summed E-state index contributed by atoms with van der Waals surface area (Å²) >= 11 is 3.07. The van der Waals surface area contributed by atoms with Crippen LogP contribution in [0.2, 0.25) is 0 Å². The van der Waals surface area contributed by atoms with Crippen molar-refractivity contribution in [1.82, 2.24) is 5.32 Å². The van der Waals surface area contributed by atoms with Gasteiger partial charge in [0.2, 0.25) is 0 Å². The Kier molecular flexibility index (Phi) is 3.63. The van der Waals surface area contributed by atoms with Crippen molar-refractivity contribution >= 4 is 15.9 Å². The van der Waals surface area contributed by atoms with Crippen LogP contribution in [0.15, 0.2) is 22.7 Å². The zero-order valence-electron chi connectivity index (χ0n) is 8.85. The highest BCUT2D eigenvalue weighted by atomic mass is 79.9. The van der Waals surface area contributed by atoms with Crippen LogP contribution in [-0.2, 0) is 6.54 Å². The lowest BCUT2D eigenvalue weighted by atomic mass is 10.2. The molecule has 0 bridgehead atoms. The van der Waals surface area contributed by atoms with Gasteiger partial charge >= 0.3 is 6.36 Å². The average molecular weight is 310 g/mol. The minimum Gasteiger partial charge on any atom is -0.405 e. The van der Waals surface area contributed by atoms with E-state index in [1.54, 1.807) is 12.1 Å². The van der Waals surface area contributed by atoms with E-state index in [4.69, 9.17) is 0 Å². The fourth-order valence-electron chi connectivity index (χ4n) is 1.41. The summed E-state index contributed by atoms with van der Waals surface area (Å²) in [6, 6.07) is 5.15. The number of alkyl halides is 3. The second-order valence-corrected chi connectivity index (χ2v) is 4.82. The molecule has 1 saturated carbocycles. The van der Waals surface area contributed by atoms with Crippen molar-refractivity contribution in [1.29, 1.82) is 0 Å². The van der Waals surface area contributed by atoms with E-state index in [0.29, 0.717) is 17.1 Å². The average Bonchev–Trinajstić information content (AvgIpc) is 3.00. The van der Waals surface area contributed by atoms with Crippen LogP contribution in [0.3, 0.4) is 0 Å². The molecule has 1 aromatic rings. The number of rotatable bonds is 4. The van der Waals surface area contributed by atoms with Crippen LogP contribution < -0.4 is 10.1 Å². The first-order chi connectivity index (χ1) is 7.94. The number of hydrogen-bond acceptors (Lipinski definition) is 2. The smallest absolute Gasteiger partial charge is 0.405 e. The number of halogens is 4. The molecule has 0 heterocycles. The van der Waals surface area contributed by atoms with Crippen LogP contribution in [0.1, 0.15) is 18.4 Å². The largest absolute Gasteiger partial charge is 0.573 e. The first-order valence-corrected chi connectivity index (χ1v) is 6.01. The summed E-state index contributed by atoms with van der Waals surface area (Å²) in [6.07, 6.45) is -2.30. The molecular weight excluding hydrogens is 299 g/mol. The number of hydrogen-bond donors (Lipinski definition) is 1. The highest BCUT2D eigenvalue weighted by Crippen LogP contribution is 2.31. The summed E-state index contributed by atoms with van der Waals surface area (Å²) in [4.78, 5) is 0. The predicted molar refractivity (Wildman–Crippen MR) is 60.7 cm³/mol. The van der Waals surface area contributed by atoms with Gasteiger partial charge in [0.1, 0.15) is 5.75 Å². The van der Waals surface area contributed by atoms with Gasteiger partial charge in [0.05, 0.1) is 4.47 Å². The Bertz CT molecular complexity index is 404. The highest BCUT2D eigenvalue weighted by Gasteiger charge is 2.31. The lowest BCUT2D eigenvalue weighted by Crippen LogP contribution is -2.18. The minimum atomic E-state index is -4.66. The Morgan fingerprint density at radius 1 is 1.35 bits per heavy atom.